The van der Waals surface area contributed by atoms with E-state index in [9.17, 15) is 4.79 Å². The number of halogens is 2. The second kappa shape index (κ2) is 6.95. The van der Waals surface area contributed by atoms with Crippen molar-refractivity contribution < 1.29 is 9.21 Å². The third kappa shape index (κ3) is 4.11. The van der Waals surface area contributed by atoms with Crippen LogP contribution in [0.25, 0.3) is 0 Å². The van der Waals surface area contributed by atoms with E-state index in [2.05, 4.69) is 42.5 Å². The minimum Gasteiger partial charge on any atom is -0.451 e. The summed E-state index contributed by atoms with van der Waals surface area (Å²) in [5.41, 5.74) is 1.76. The van der Waals surface area contributed by atoms with Gasteiger partial charge in [0.15, 0.2) is 4.67 Å². The lowest BCUT2D eigenvalue weighted by Crippen LogP contribution is -2.09. The summed E-state index contributed by atoms with van der Waals surface area (Å²) in [5.74, 6) is 0.836. The van der Waals surface area contributed by atoms with Gasteiger partial charge >= 0.3 is 0 Å². The van der Waals surface area contributed by atoms with Gasteiger partial charge in [-0.3, -0.25) is 4.79 Å². The van der Waals surface area contributed by atoms with Gasteiger partial charge in [0.25, 0.3) is 0 Å². The lowest BCUT2D eigenvalue weighted by Gasteiger charge is -2.07. The van der Waals surface area contributed by atoms with E-state index in [1.807, 2.05) is 37.3 Å². The van der Waals surface area contributed by atoms with Gasteiger partial charge in [0.05, 0.1) is 11.0 Å². The first-order valence-corrected chi connectivity index (χ1v) is 7.74. The predicted molar refractivity (Wildman–Crippen MR) is 86.8 cm³/mol. The Morgan fingerprint density at radius 3 is 2.40 bits per heavy atom. The zero-order chi connectivity index (χ0) is 14.5. The Bertz CT molecular complexity index is 574. The van der Waals surface area contributed by atoms with E-state index < -0.39 is 0 Å². The summed E-state index contributed by atoms with van der Waals surface area (Å²) in [6.07, 6.45) is 0.474. The van der Waals surface area contributed by atoms with E-state index in [1.54, 1.807) is 0 Å². The number of rotatable bonds is 5. The molecule has 0 unspecified atom stereocenters. The van der Waals surface area contributed by atoms with Crippen LogP contribution in [0, 0.1) is 0 Å². The van der Waals surface area contributed by atoms with E-state index in [-0.39, 0.29) is 5.91 Å². The largest absolute Gasteiger partial charge is 0.451 e. The topological polar surface area (TPSA) is 54.3 Å². The Labute approximate surface area is 134 Å². The van der Waals surface area contributed by atoms with Crippen molar-refractivity contribution in [3.63, 3.8) is 0 Å². The molecule has 0 saturated heterocycles. The normalized spacial score (nSPS) is 10.3. The highest BCUT2D eigenvalue weighted by atomic mass is 79.9. The van der Waals surface area contributed by atoms with Gasteiger partial charge in [-0.2, -0.15) is 0 Å². The molecule has 0 aliphatic rings. The Balaban J connectivity index is 1.92. The highest BCUT2D eigenvalue weighted by Crippen LogP contribution is 2.27. The molecule has 0 fully saturated rings. The van der Waals surface area contributed by atoms with E-state index in [1.165, 1.54) is 0 Å². The van der Waals surface area contributed by atoms with Crippen LogP contribution in [-0.4, -0.2) is 5.91 Å². The van der Waals surface area contributed by atoms with Crippen LogP contribution in [0.4, 0.5) is 11.4 Å². The molecule has 2 aromatic rings. The van der Waals surface area contributed by atoms with Crippen molar-refractivity contribution in [2.24, 2.45) is 0 Å². The highest BCUT2D eigenvalue weighted by Gasteiger charge is 2.05. The molecule has 1 heterocycles. The fourth-order valence-electron chi connectivity index (χ4n) is 1.59. The predicted octanol–water partition coefficient (Wildman–Crippen LogP) is 4.77. The van der Waals surface area contributed by atoms with Gasteiger partial charge in [-0.25, -0.2) is 0 Å². The quantitative estimate of drug-likeness (QED) is 0.758. The number of amides is 1. The molecule has 1 amide bonds. The summed E-state index contributed by atoms with van der Waals surface area (Å²) in [7, 11) is 0. The number of furan rings is 1. The average Bonchev–Trinajstić information content (AvgIpc) is 2.77. The molecule has 2 rings (SSSR count). The zero-order valence-electron chi connectivity index (χ0n) is 10.9. The fraction of sp³-hybridized carbons (Fsp3) is 0.214. The molecule has 106 valence electrons. The maximum atomic E-state index is 11.3. The lowest BCUT2D eigenvalue weighted by molar-refractivity contribution is -0.115. The summed E-state index contributed by atoms with van der Waals surface area (Å²) in [4.78, 5) is 11.3. The number of anilines is 2. The molecular weight excluding hydrogens is 388 g/mol. The summed E-state index contributed by atoms with van der Waals surface area (Å²) in [6, 6.07) is 9.47. The standard InChI is InChI=1S/C14H14Br2N2O2/c1-2-13(19)18-10-5-3-9(4-6-10)17-8-11-7-12(15)14(16)20-11/h3-7,17H,2,8H2,1H3,(H,18,19). The van der Waals surface area contributed by atoms with Gasteiger partial charge in [-0.05, 0) is 62.2 Å². The van der Waals surface area contributed by atoms with Crippen LogP contribution in [-0.2, 0) is 11.3 Å². The Morgan fingerprint density at radius 1 is 1.20 bits per heavy atom. The number of hydrogen-bond donors (Lipinski definition) is 2. The zero-order valence-corrected chi connectivity index (χ0v) is 14.0. The molecule has 20 heavy (non-hydrogen) atoms. The number of nitrogens with one attached hydrogen (secondary N) is 2. The fourth-order valence-corrected chi connectivity index (χ4v) is 2.25. The third-order valence-electron chi connectivity index (χ3n) is 2.65. The molecule has 0 aliphatic heterocycles. The van der Waals surface area contributed by atoms with Gasteiger partial charge < -0.3 is 15.1 Å². The molecule has 6 heteroatoms. The summed E-state index contributed by atoms with van der Waals surface area (Å²) >= 11 is 6.67. The molecule has 0 aliphatic carbocycles. The second-order valence-corrected chi connectivity index (χ2v) is 5.74. The molecule has 4 nitrogen and oxygen atoms in total. The molecule has 0 bridgehead atoms. The van der Waals surface area contributed by atoms with Crippen LogP contribution < -0.4 is 10.6 Å². The Hall–Kier alpha value is -1.27. The van der Waals surface area contributed by atoms with Crippen molar-refractivity contribution in [3.05, 3.63) is 45.2 Å². The maximum absolute atomic E-state index is 11.3. The maximum Gasteiger partial charge on any atom is 0.224 e. The van der Waals surface area contributed by atoms with Gasteiger partial charge in [0, 0.05) is 17.8 Å². The molecule has 0 saturated carbocycles. The van der Waals surface area contributed by atoms with Crippen LogP contribution in [0.5, 0.6) is 0 Å². The molecule has 0 radical (unpaired) electrons. The molecular formula is C14H14Br2N2O2. The van der Waals surface area contributed by atoms with Crippen LogP contribution in [0.1, 0.15) is 19.1 Å². The van der Waals surface area contributed by atoms with Gasteiger partial charge in [-0.15, -0.1) is 0 Å². The summed E-state index contributed by atoms with van der Waals surface area (Å²) in [5, 5.41) is 6.05. The van der Waals surface area contributed by atoms with Crippen molar-refractivity contribution in [2.45, 2.75) is 19.9 Å². The molecule has 1 aromatic carbocycles. The van der Waals surface area contributed by atoms with Crippen molar-refractivity contribution in [3.8, 4) is 0 Å². The van der Waals surface area contributed by atoms with Crippen molar-refractivity contribution >= 4 is 49.1 Å². The first kappa shape index (κ1) is 15.1. The molecule has 0 atom stereocenters. The van der Waals surface area contributed by atoms with Gasteiger partial charge in [-0.1, -0.05) is 6.92 Å². The monoisotopic (exact) mass is 400 g/mol. The van der Waals surface area contributed by atoms with Crippen molar-refractivity contribution in [1.29, 1.82) is 0 Å². The summed E-state index contributed by atoms with van der Waals surface area (Å²) in [6.45, 7) is 2.41. The van der Waals surface area contributed by atoms with E-state index in [0.717, 1.165) is 21.6 Å². The number of benzene rings is 1. The van der Waals surface area contributed by atoms with Crippen molar-refractivity contribution in [1.82, 2.24) is 0 Å². The smallest absolute Gasteiger partial charge is 0.224 e. The van der Waals surface area contributed by atoms with E-state index in [4.69, 9.17) is 4.42 Å². The van der Waals surface area contributed by atoms with Gasteiger partial charge in [0.2, 0.25) is 5.91 Å². The van der Waals surface area contributed by atoms with E-state index in [0.29, 0.717) is 17.6 Å². The lowest BCUT2D eigenvalue weighted by atomic mass is 10.2. The average molecular weight is 402 g/mol. The van der Waals surface area contributed by atoms with Crippen LogP contribution in [0.2, 0.25) is 0 Å². The Kier molecular flexibility index (Phi) is 5.25. The minimum atomic E-state index is 0.0102. The van der Waals surface area contributed by atoms with Crippen molar-refractivity contribution in [2.75, 3.05) is 10.6 Å². The number of carbonyl (C=O) groups is 1. The third-order valence-corrected chi connectivity index (χ3v) is 4.36. The number of carbonyl (C=O) groups excluding carboxylic acids is 1. The first-order chi connectivity index (χ1) is 9.58. The van der Waals surface area contributed by atoms with Crippen LogP contribution in [0.15, 0.2) is 43.9 Å². The molecule has 1 aromatic heterocycles. The van der Waals surface area contributed by atoms with Crippen LogP contribution >= 0.6 is 31.9 Å². The highest BCUT2D eigenvalue weighted by molar-refractivity contribution is 9.13. The van der Waals surface area contributed by atoms with Gasteiger partial charge in [0.1, 0.15) is 5.76 Å². The second-order valence-electron chi connectivity index (χ2n) is 4.17. The SMILES string of the molecule is CCC(=O)Nc1ccc(NCc2cc(Br)c(Br)o2)cc1. The molecule has 2 N–H and O–H groups in total. The summed E-state index contributed by atoms with van der Waals surface area (Å²) < 4.78 is 7.06. The van der Waals surface area contributed by atoms with Crippen LogP contribution in [0.3, 0.4) is 0 Å². The Morgan fingerprint density at radius 2 is 1.85 bits per heavy atom. The first-order valence-electron chi connectivity index (χ1n) is 6.16. The molecule has 0 spiro atoms. The van der Waals surface area contributed by atoms with E-state index >= 15 is 0 Å². The number of hydrogen-bond acceptors (Lipinski definition) is 3. The minimum absolute atomic E-state index is 0.0102.